The number of hydrogen-bond donors (Lipinski definition) is 0. The van der Waals surface area contributed by atoms with E-state index in [1.54, 1.807) is 0 Å². The van der Waals surface area contributed by atoms with Crippen molar-refractivity contribution in [2.24, 2.45) is 11.8 Å². The van der Waals surface area contributed by atoms with Crippen molar-refractivity contribution in [1.82, 2.24) is 0 Å². The molecule has 0 heteroatoms. The van der Waals surface area contributed by atoms with Gasteiger partial charge >= 0.3 is 0 Å². The fourth-order valence-electron chi connectivity index (χ4n) is 2.84. The van der Waals surface area contributed by atoms with E-state index in [9.17, 15) is 0 Å². The first-order valence-electron chi connectivity index (χ1n) is 7.68. The highest BCUT2D eigenvalue weighted by Gasteiger charge is 2.18. The zero-order chi connectivity index (χ0) is 12.3. The Morgan fingerprint density at radius 2 is 1.53 bits per heavy atom. The molecule has 98 valence electrons. The summed E-state index contributed by atoms with van der Waals surface area (Å²) in [5.41, 5.74) is 0. The summed E-state index contributed by atoms with van der Waals surface area (Å²) in [5, 5.41) is 0. The van der Waals surface area contributed by atoms with Crippen LogP contribution in [0.1, 0.15) is 71.6 Å². The van der Waals surface area contributed by atoms with E-state index in [1.165, 1.54) is 51.4 Å². The van der Waals surface area contributed by atoms with Crippen LogP contribution in [0.3, 0.4) is 0 Å². The van der Waals surface area contributed by atoms with Crippen molar-refractivity contribution < 1.29 is 0 Å². The molecule has 0 aromatic rings. The van der Waals surface area contributed by atoms with E-state index in [-0.39, 0.29) is 0 Å². The summed E-state index contributed by atoms with van der Waals surface area (Å²) in [6.07, 6.45) is 21.6. The molecule has 0 atom stereocenters. The molecular formula is C17H30. The predicted octanol–water partition coefficient (Wildman–Crippen LogP) is 5.90. The lowest BCUT2D eigenvalue weighted by atomic mass is 9.79. The normalized spacial score (nSPS) is 26.0. The fraction of sp³-hybridized carbons (Fsp3) is 0.765. The SMILES string of the molecule is CC/C=C\C=C/CCCC1CCC(CC)CC1. The zero-order valence-corrected chi connectivity index (χ0v) is 11.8. The van der Waals surface area contributed by atoms with Gasteiger partial charge in [0.1, 0.15) is 0 Å². The number of allylic oxidation sites excluding steroid dienone is 4. The van der Waals surface area contributed by atoms with Gasteiger partial charge in [0.15, 0.2) is 0 Å². The van der Waals surface area contributed by atoms with Gasteiger partial charge in [0.2, 0.25) is 0 Å². The molecule has 0 heterocycles. The Morgan fingerprint density at radius 1 is 0.882 bits per heavy atom. The number of hydrogen-bond acceptors (Lipinski definition) is 0. The zero-order valence-electron chi connectivity index (χ0n) is 11.8. The van der Waals surface area contributed by atoms with Gasteiger partial charge in [-0.3, -0.25) is 0 Å². The monoisotopic (exact) mass is 234 g/mol. The maximum Gasteiger partial charge on any atom is -0.0348 e. The van der Waals surface area contributed by atoms with Crippen LogP contribution >= 0.6 is 0 Å². The van der Waals surface area contributed by atoms with Crippen LogP contribution in [0.15, 0.2) is 24.3 Å². The Kier molecular flexibility index (Phi) is 8.13. The molecule has 0 N–H and O–H groups in total. The molecule has 1 aliphatic rings. The lowest BCUT2D eigenvalue weighted by Gasteiger charge is -2.27. The first kappa shape index (κ1) is 14.5. The molecule has 1 saturated carbocycles. The molecule has 0 aromatic heterocycles. The molecule has 0 aliphatic heterocycles. The van der Waals surface area contributed by atoms with Crippen LogP contribution in [0.5, 0.6) is 0 Å². The van der Waals surface area contributed by atoms with Gasteiger partial charge < -0.3 is 0 Å². The van der Waals surface area contributed by atoms with Gasteiger partial charge in [-0.2, -0.15) is 0 Å². The van der Waals surface area contributed by atoms with Crippen molar-refractivity contribution in [3.8, 4) is 0 Å². The summed E-state index contributed by atoms with van der Waals surface area (Å²) in [6, 6.07) is 0. The van der Waals surface area contributed by atoms with Crippen LogP contribution in [0.2, 0.25) is 0 Å². The molecule has 0 amide bonds. The van der Waals surface area contributed by atoms with Gasteiger partial charge in [0.25, 0.3) is 0 Å². The average Bonchev–Trinajstić information content (AvgIpc) is 2.38. The molecule has 0 aromatic carbocycles. The molecule has 0 nitrogen and oxygen atoms in total. The van der Waals surface area contributed by atoms with Gasteiger partial charge in [-0.25, -0.2) is 0 Å². The van der Waals surface area contributed by atoms with E-state index in [0.29, 0.717) is 0 Å². The summed E-state index contributed by atoms with van der Waals surface area (Å²) in [4.78, 5) is 0. The third-order valence-electron chi connectivity index (χ3n) is 4.15. The van der Waals surface area contributed by atoms with Gasteiger partial charge in [-0.05, 0) is 31.1 Å². The van der Waals surface area contributed by atoms with Crippen LogP contribution in [-0.2, 0) is 0 Å². The smallest absolute Gasteiger partial charge is 0.0348 e. The molecule has 1 fully saturated rings. The first-order valence-corrected chi connectivity index (χ1v) is 7.68. The van der Waals surface area contributed by atoms with Crippen LogP contribution in [0, 0.1) is 11.8 Å². The largest absolute Gasteiger partial charge is 0.0848 e. The fourth-order valence-corrected chi connectivity index (χ4v) is 2.84. The average molecular weight is 234 g/mol. The van der Waals surface area contributed by atoms with E-state index in [4.69, 9.17) is 0 Å². The van der Waals surface area contributed by atoms with Crippen LogP contribution in [0.25, 0.3) is 0 Å². The topological polar surface area (TPSA) is 0 Å². The minimum Gasteiger partial charge on any atom is -0.0848 e. The van der Waals surface area contributed by atoms with E-state index in [0.717, 1.165) is 18.3 Å². The molecule has 0 unspecified atom stereocenters. The van der Waals surface area contributed by atoms with Crippen LogP contribution < -0.4 is 0 Å². The minimum atomic E-state index is 1.04. The second kappa shape index (κ2) is 9.50. The highest BCUT2D eigenvalue weighted by atomic mass is 14.2. The molecule has 0 bridgehead atoms. The second-order valence-corrected chi connectivity index (χ2v) is 5.49. The maximum absolute atomic E-state index is 2.35. The van der Waals surface area contributed by atoms with Crippen LogP contribution in [-0.4, -0.2) is 0 Å². The summed E-state index contributed by atoms with van der Waals surface area (Å²) in [7, 11) is 0. The van der Waals surface area contributed by atoms with Gasteiger partial charge in [0.05, 0.1) is 0 Å². The van der Waals surface area contributed by atoms with Crippen molar-refractivity contribution in [3.05, 3.63) is 24.3 Å². The van der Waals surface area contributed by atoms with E-state index >= 15 is 0 Å². The third kappa shape index (κ3) is 6.71. The molecule has 1 rings (SSSR count). The second-order valence-electron chi connectivity index (χ2n) is 5.49. The number of rotatable bonds is 7. The van der Waals surface area contributed by atoms with E-state index in [1.807, 2.05) is 0 Å². The molecular weight excluding hydrogens is 204 g/mol. The van der Waals surface area contributed by atoms with E-state index < -0.39 is 0 Å². The van der Waals surface area contributed by atoms with Gasteiger partial charge in [0, 0.05) is 0 Å². The highest BCUT2D eigenvalue weighted by molar-refractivity contribution is 5.01. The van der Waals surface area contributed by atoms with Crippen molar-refractivity contribution in [2.75, 3.05) is 0 Å². The summed E-state index contributed by atoms with van der Waals surface area (Å²) < 4.78 is 0. The van der Waals surface area contributed by atoms with Crippen molar-refractivity contribution in [3.63, 3.8) is 0 Å². The standard InChI is InChI=1S/C17H30/c1-3-5-6-7-8-9-10-11-17-14-12-16(4-2)13-15-17/h5-8,16-17H,3-4,9-15H2,1-2H3/b6-5-,8-7-. The van der Waals surface area contributed by atoms with Crippen molar-refractivity contribution in [1.29, 1.82) is 0 Å². The Bertz CT molecular complexity index is 216. The lowest BCUT2D eigenvalue weighted by Crippen LogP contribution is -2.13. The molecule has 17 heavy (non-hydrogen) atoms. The highest BCUT2D eigenvalue weighted by Crippen LogP contribution is 2.33. The summed E-state index contributed by atoms with van der Waals surface area (Å²) in [6.45, 7) is 4.52. The molecule has 0 radical (unpaired) electrons. The van der Waals surface area contributed by atoms with Crippen molar-refractivity contribution in [2.45, 2.75) is 71.6 Å². The van der Waals surface area contributed by atoms with E-state index in [2.05, 4.69) is 38.2 Å². The van der Waals surface area contributed by atoms with Gasteiger partial charge in [-0.1, -0.05) is 76.7 Å². The quantitative estimate of drug-likeness (QED) is 0.380. The molecule has 0 spiro atoms. The summed E-state index contributed by atoms with van der Waals surface area (Å²) >= 11 is 0. The van der Waals surface area contributed by atoms with Gasteiger partial charge in [-0.15, -0.1) is 0 Å². The Labute approximate surface area is 108 Å². The van der Waals surface area contributed by atoms with Crippen molar-refractivity contribution >= 4 is 0 Å². The summed E-state index contributed by atoms with van der Waals surface area (Å²) in [5.74, 6) is 2.09. The Balaban J connectivity index is 2.00. The number of unbranched alkanes of at least 4 members (excludes halogenated alkanes) is 1. The Morgan fingerprint density at radius 3 is 2.18 bits per heavy atom. The maximum atomic E-state index is 2.35. The minimum absolute atomic E-state index is 1.04. The van der Waals surface area contributed by atoms with Crippen LogP contribution in [0.4, 0.5) is 0 Å². The predicted molar refractivity (Wildman–Crippen MR) is 78.2 cm³/mol. The third-order valence-corrected chi connectivity index (χ3v) is 4.15. The first-order chi connectivity index (χ1) is 8.36. The lowest BCUT2D eigenvalue weighted by molar-refractivity contribution is 0.256. The molecule has 0 saturated heterocycles. The Hall–Kier alpha value is -0.520. The molecule has 1 aliphatic carbocycles.